The minimum atomic E-state index is -2.24. The number of carbonyl (C=O) groups is 1. The Hall–Kier alpha value is -3.76. The number of ketones is 1. The summed E-state index contributed by atoms with van der Waals surface area (Å²) < 4.78 is 41.6. The van der Waals surface area contributed by atoms with Gasteiger partial charge in [0.25, 0.3) is 0 Å². The molecule has 0 saturated heterocycles. The van der Waals surface area contributed by atoms with Crippen LogP contribution in [0.15, 0.2) is 48.7 Å². The molecule has 0 aliphatic carbocycles. The van der Waals surface area contributed by atoms with E-state index in [4.69, 9.17) is 8.85 Å². The highest BCUT2D eigenvalue weighted by atomic mass is 19.1. The maximum absolute atomic E-state index is 13.7. The molecule has 0 aliphatic rings. The van der Waals surface area contributed by atoms with Crippen LogP contribution >= 0.6 is 0 Å². The lowest BCUT2D eigenvalue weighted by Crippen LogP contribution is -2.11. The van der Waals surface area contributed by atoms with Gasteiger partial charge >= 0.3 is 0 Å². The molecule has 0 spiro atoms. The molecule has 0 aliphatic heterocycles. The monoisotopic (exact) mass is 449 g/mol. The van der Waals surface area contributed by atoms with Gasteiger partial charge in [-0.3, -0.25) is 9.78 Å². The van der Waals surface area contributed by atoms with Crippen LogP contribution in [-0.4, -0.2) is 42.8 Å². The second-order valence-electron chi connectivity index (χ2n) is 7.58. The van der Waals surface area contributed by atoms with Crippen LogP contribution in [0.5, 0.6) is 5.75 Å². The highest BCUT2D eigenvalue weighted by Gasteiger charge is 2.16. The summed E-state index contributed by atoms with van der Waals surface area (Å²) in [7, 11) is 1.45. The van der Waals surface area contributed by atoms with Crippen LogP contribution in [-0.2, 0) is 11.2 Å². The number of nitrogens with zero attached hydrogens (tertiary/aromatic N) is 3. The molecule has 0 amide bonds. The van der Waals surface area contributed by atoms with Gasteiger partial charge in [-0.15, -0.1) is 0 Å². The topological polar surface area (TPSA) is 78.3 Å². The maximum Gasteiger partial charge on any atom is 0.159 e. The van der Waals surface area contributed by atoms with Gasteiger partial charge in [0.15, 0.2) is 5.78 Å². The molecule has 0 atom stereocenters. The SMILES string of the molecule is [2H]C([2H])([2H])N(C)C/C=C/C(=O)Cc1cc2c(Nc3ccc(F)c(C)c3)c(C#N)cnc2cc1OCC. The molecule has 0 saturated carbocycles. The van der Waals surface area contributed by atoms with Crippen LogP contribution in [0.2, 0.25) is 0 Å². The number of pyridine rings is 1. The molecular formula is C26H27FN4O2. The third-order valence-corrected chi connectivity index (χ3v) is 4.95. The number of halogens is 1. The number of hydrogen-bond acceptors (Lipinski definition) is 6. The van der Waals surface area contributed by atoms with Gasteiger partial charge in [0, 0.05) is 46.0 Å². The molecule has 0 radical (unpaired) electrons. The minimum absolute atomic E-state index is 0.00509. The van der Waals surface area contributed by atoms with Crippen LogP contribution in [0, 0.1) is 24.1 Å². The first-order valence-corrected chi connectivity index (χ1v) is 10.5. The van der Waals surface area contributed by atoms with Crippen LogP contribution < -0.4 is 10.1 Å². The number of carbonyl (C=O) groups excluding carboxylic acids is 1. The first-order valence-electron chi connectivity index (χ1n) is 12.0. The van der Waals surface area contributed by atoms with E-state index in [1.165, 1.54) is 31.5 Å². The Bertz CT molecular complexity index is 1350. The summed E-state index contributed by atoms with van der Waals surface area (Å²) in [6.45, 7) is 1.71. The number of nitrogens with one attached hydrogen (secondary N) is 1. The molecule has 2 aromatic carbocycles. The lowest BCUT2D eigenvalue weighted by Gasteiger charge is -2.15. The molecule has 170 valence electrons. The van der Waals surface area contributed by atoms with Gasteiger partial charge < -0.3 is 15.0 Å². The summed E-state index contributed by atoms with van der Waals surface area (Å²) in [6, 6.07) is 10.2. The van der Waals surface area contributed by atoms with E-state index in [1.54, 1.807) is 31.2 Å². The fraction of sp³-hybridized carbons (Fsp3) is 0.269. The number of ether oxygens (including phenoxy) is 1. The number of fused-ring (bicyclic) bond motifs is 1. The number of allylic oxidation sites excluding steroid dienone is 1. The third-order valence-electron chi connectivity index (χ3n) is 4.95. The summed E-state index contributed by atoms with van der Waals surface area (Å²) in [6.07, 6.45) is 4.32. The predicted molar refractivity (Wildman–Crippen MR) is 128 cm³/mol. The number of hydrogen-bond donors (Lipinski definition) is 1. The van der Waals surface area contributed by atoms with E-state index in [0.29, 0.717) is 51.3 Å². The minimum Gasteiger partial charge on any atom is -0.494 e. The van der Waals surface area contributed by atoms with Gasteiger partial charge in [-0.2, -0.15) is 5.26 Å². The third kappa shape index (κ3) is 5.93. The van der Waals surface area contributed by atoms with Crippen LogP contribution in [0.1, 0.15) is 27.7 Å². The molecule has 3 rings (SSSR count). The van der Waals surface area contributed by atoms with Crippen molar-refractivity contribution in [3.05, 3.63) is 71.2 Å². The predicted octanol–water partition coefficient (Wildman–Crippen LogP) is 4.93. The van der Waals surface area contributed by atoms with Crippen LogP contribution in [0.4, 0.5) is 15.8 Å². The first-order chi connectivity index (χ1) is 17.0. The zero-order valence-corrected chi connectivity index (χ0v) is 18.8. The standard InChI is InChI=1S/C26H27FN4O2/c1-5-33-25-14-24-22(13-18(25)12-21(32)7-6-10-31(3)4)26(19(15-28)16-29-24)30-20-8-9-23(27)17(2)11-20/h6-9,11,13-14,16H,5,10,12H2,1-4H3,(H,29,30)/b7-6+/i3D3. The van der Waals surface area contributed by atoms with Crippen molar-refractivity contribution in [3.63, 3.8) is 0 Å². The number of benzene rings is 2. The second-order valence-corrected chi connectivity index (χ2v) is 7.58. The fourth-order valence-electron chi connectivity index (χ4n) is 3.37. The number of aromatic nitrogens is 1. The lowest BCUT2D eigenvalue weighted by atomic mass is 10.0. The normalized spacial score (nSPS) is 12.9. The molecular weight excluding hydrogens is 419 g/mol. The second kappa shape index (κ2) is 10.7. The van der Waals surface area contributed by atoms with Gasteiger partial charge in [-0.25, -0.2) is 4.39 Å². The van der Waals surface area contributed by atoms with Gasteiger partial charge in [-0.1, -0.05) is 6.08 Å². The maximum atomic E-state index is 13.7. The van der Waals surface area contributed by atoms with Crippen LogP contribution in [0.25, 0.3) is 10.9 Å². The van der Waals surface area contributed by atoms with Gasteiger partial charge in [0.05, 0.1) is 23.4 Å². The number of aryl methyl sites for hydroxylation is 1. The van der Waals surface area contributed by atoms with Crippen molar-refractivity contribution in [2.45, 2.75) is 20.3 Å². The van der Waals surface area contributed by atoms with E-state index < -0.39 is 6.98 Å². The molecule has 1 aromatic heterocycles. The van der Waals surface area contributed by atoms with Crippen molar-refractivity contribution >= 4 is 28.1 Å². The Morgan fingerprint density at radius 1 is 1.39 bits per heavy atom. The van der Waals surface area contributed by atoms with Crippen molar-refractivity contribution < 1.29 is 18.0 Å². The Kier molecular flexibility index (Phi) is 6.45. The van der Waals surface area contributed by atoms with Gasteiger partial charge in [0.1, 0.15) is 17.6 Å². The zero-order valence-electron chi connectivity index (χ0n) is 21.8. The summed E-state index contributed by atoms with van der Waals surface area (Å²) in [5.74, 6) is -0.0737. The molecule has 1 N–H and O–H groups in total. The van der Waals surface area contributed by atoms with Gasteiger partial charge in [-0.05, 0) is 63.8 Å². The molecule has 6 nitrogen and oxygen atoms in total. The molecule has 0 fully saturated rings. The van der Waals surface area contributed by atoms with Crippen molar-refractivity contribution in [1.29, 1.82) is 5.26 Å². The Morgan fingerprint density at radius 3 is 2.91 bits per heavy atom. The van der Waals surface area contributed by atoms with Crippen molar-refractivity contribution in [2.75, 3.05) is 32.5 Å². The molecule has 3 aromatic rings. The van der Waals surface area contributed by atoms with E-state index in [2.05, 4.69) is 16.4 Å². The van der Waals surface area contributed by atoms with Crippen molar-refractivity contribution in [3.8, 4) is 11.8 Å². The number of nitriles is 1. The summed E-state index contributed by atoms with van der Waals surface area (Å²) >= 11 is 0. The smallest absolute Gasteiger partial charge is 0.159 e. The number of anilines is 2. The molecule has 1 heterocycles. The molecule has 7 heteroatoms. The number of rotatable bonds is 9. The Labute approximate surface area is 197 Å². The van der Waals surface area contributed by atoms with Gasteiger partial charge in [0.2, 0.25) is 0 Å². The largest absolute Gasteiger partial charge is 0.494 e. The van der Waals surface area contributed by atoms with Crippen molar-refractivity contribution in [2.24, 2.45) is 0 Å². The average molecular weight is 450 g/mol. The number of likely N-dealkylation sites (N-methyl/N-ethyl adjacent to an activating group) is 1. The highest BCUT2D eigenvalue weighted by molar-refractivity contribution is 5.98. The molecule has 0 unspecified atom stereocenters. The van der Waals surface area contributed by atoms with E-state index in [9.17, 15) is 14.4 Å². The summed E-state index contributed by atoms with van der Waals surface area (Å²) in [4.78, 5) is 18.2. The highest BCUT2D eigenvalue weighted by Crippen LogP contribution is 2.34. The lowest BCUT2D eigenvalue weighted by molar-refractivity contribution is -0.114. The summed E-state index contributed by atoms with van der Waals surface area (Å²) in [5, 5.41) is 13.5. The summed E-state index contributed by atoms with van der Waals surface area (Å²) in [5.41, 5.74) is 2.99. The first kappa shape index (κ1) is 19.9. The molecule has 0 bridgehead atoms. The van der Waals surface area contributed by atoms with Crippen molar-refractivity contribution in [1.82, 2.24) is 9.88 Å². The average Bonchev–Trinajstić information content (AvgIpc) is 2.81. The van der Waals surface area contributed by atoms with E-state index in [0.717, 1.165) is 4.90 Å². The quantitative estimate of drug-likeness (QED) is 0.467. The Morgan fingerprint density at radius 2 is 2.21 bits per heavy atom. The van der Waals surface area contributed by atoms with E-state index in [-0.39, 0.29) is 24.6 Å². The zero-order chi connectivity index (χ0) is 26.5. The fourth-order valence-corrected chi connectivity index (χ4v) is 3.37. The Balaban J connectivity index is 1.99. The molecule has 33 heavy (non-hydrogen) atoms. The van der Waals surface area contributed by atoms with Crippen LogP contribution in [0.3, 0.4) is 0 Å². The van der Waals surface area contributed by atoms with E-state index >= 15 is 0 Å². The van der Waals surface area contributed by atoms with E-state index in [1.807, 2.05) is 6.92 Å².